The first-order valence-electron chi connectivity index (χ1n) is 6.13. The quantitative estimate of drug-likeness (QED) is 0.798. The Morgan fingerprint density at radius 2 is 1.85 bits per heavy atom. The zero-order valence-corrected chi connectivity index (χ0v) is 13.0. The maximum Gasteiger partial charge on any atom is 0.141 e. The van der Waals surface area contributed by atoms with Crippen LogP contribution in [0.3, 0.4) is 0 Å². The Kier molecular flexibility index (Phi) is 5.73. The molecule has 0 heterocycles. The summed E-state index contributed by atoms with van der Waals surface area (Å²) >= 11 is 13.5. The molecular weight excluding hydrogens is 316 g/mol. The van der Waals surface area contributed by atoms with Crippen molar-refractivity contribution in [2.45, 2.75) is 17.4 Å². The Labute approximate surface area is 132 Å². The van der Waals surface area contributed by atoms with Crippen molar-refractivity contribution in [1.29, 1.82) is 0 Å². The third kappa shape index (κ3) is 4.38. The van der Waals surface area contributed by atoms with Gasteiger partial charge in [0, 0.05) is 16.7 Å². The summed E-state index contributed by atoms with van der Waals surface area (Å²) in [6.07, 6.45) is 0.650. The van der Waals surface area contributed by atoms with Crippen LogP contribution in [0, 0.1) is 5.82 Å². The van der Waals surface area contributed by atoms with E-state index in [1.165, 1.54) is 6.07 Å². The fraction of sp³-hybridized carbons (Fsp3) is 0.200. The third-order valence-electron chi connectivity index (χ3n) is 2.77. The number of nitrogens with two attached hydrogens (primary N) is 1. The molecule has 2 aromatic carbocycles. The van der Waals surface area contributed by atoms with Crippen LogP contribution >= 0.6 is 35.0 Å². The molecule has 0 radical (unpaired) electrons. The van der Waals surface area contributed by atoms with E-state index < -0.39 is 5.82 Å². The van der Waals surface area contributed by atoms with Gasteiger partial charge in [0.15, 0.2) is 0 Å². The highest BCUT2D eigenvalue weighted by molar-refractivity contribution is 7.99. The minimum Gasteiger partial charge on any atom is -0.327 e. The highest BCUT2D eigenvalue weighted by Gasteiger charge is 2.08. The second kappa shape index (κ2) is 7.32. The average Bonchev–Trinajstić information content (AvgIpc) is 2.42. The average molecular weight is 330 g/mol. The predicted octanol–water partition coefficient (Wildman–Crippen LogP) is 4.79. The van der Waals surface area contributed by atoms with Crippen LogP contribution in [0.5, 0.6) is 0 Å². The van der Waals surface area contributed by atoms with Gasteiger partial charge >= 0.3 is 0 Å². The van der Waals surface area contributed by atoms with E-state index in [1.54, 1.807) is 23.9 Å². The Morgan fingerprint density at radius 3 is 2.55 bits per heavy atom. The summed E-state index contributed by atoms with van der Waals surface area (Å²) in [5.74, 6) is 0.327. The molecule has 1 unspecified atom stereocenters. The van der Waals surface area contributed by atoms with Gasteiger partial charge < -0.3 is 5.73 Å². The topological polar surface area (TPSA) is 26.0 Å². The molecule has 2 N–H and O–H groups in total. The van der Waals surface area contributed by atoms with Crippen LogP contribution in [0.4, 0.5) is 4.39 Å². The molecule has 0 saturated heterocycles. The molecule has 0 aliphatic heterocycles. The van der Waals surface area contributed by atoms with Gasteiger partial charge in [-0.05, 0) is 36.2 Å². The van der Waals surface area contributed by atoms with Crippen molar-refractivity contribution in [2.24, 2.45) is 5.73 Å². The SMILES string of the molecule is NC(CSc1ccccc1Cl)Cc1ccc(F)c(Cl)c1. The lowest BCUT2D eigenvalue weighted by Crippen LogP contribution is -2.25. The molecule has 0 amide bonds. The molecule has 2 rings (SSSR count). The molecule has 2 aromatic rings. The minimum absolute atomic E-state index is 0.0437. The largest absolute Gasteiger partial charge is 0.327 e. The van der Waals surface area contributed by atoms with Crippen LogP contribution in [0.1, 0.15) is 5.56 Å². The Morgan fingerprint density at radius 1 is 1.10 bits per heavy atom. The van der Waals surface area contributed by atoms with Crippen LogP contribution < -0.4 is 5.73 Å². The van der Waals surface area contributed by atoms with Crippen LogP contribution in [0.2, 0.25) is 10.0 Å². The fourth-order valence-corrected chi connectivity index (χ4v) is 3.18. The van der Waals surface area contributed by atoms with Crippen LogP contribution in [0.15, 0.2) is 47.4 Å². The summed E-state index contributed by atoms with van der Waals surface area (Å²) in [4.78, 5) is 1.02. The predicted molar refractivity (Wildman–Crippen MR) is 85.3 cm³/mol. The van der Waals surface area contributed by atoms with E-state index in [9.17, 15) is 4.39 Å². The van der Waals surface area contributed by atoms with Gasteiger partial charge in [-0.3, -0.25) is 0 Å². The molecule has 1 nitrogen and oxygen atoms in total. The van der Waals surface area contributed by atoms with Crippen molar-refractivity contribution in [3.63, 3.8) is 0 Å². The molecule has 0 aromatic heterocycles. The van der Waals surface area contributed by atoms with Crippen LogP contribution in [0.25, 0.3) is 0 Å². The van der Waals surface area contributed by atoms with Gasteiger partial charge in [-0.15, -0.1) is 11.8 Å². The Hall–Kier alpha value is -0.740. The van der Waals surface area contributed by atoms with Gasteiger partial charge in [-0.2, -0.15) is 0 Å². The van der Waals surface area contributed by atoms with Crippen molar-refractivity contribution in [1.82, 2.24) is 0 Å². The Balaban J connectivity index is 1.91. The van der Waals surface area contributed by atoms with Crippen molar-refractivity contribution < 1.29 is 4.39 Å². The van der Waals surface area contributed by atoms with Gasteiger partial charge in [-0.25, -0.2) is 4.39 Å². The maximum atomic E-state index is 13.1. The van der Waals surface area contributed by atoms with E-state index in [4.69, 9.17) is 28.9 Å². The number of hydrogen-bond acceptors (Lipinski definition) is 2. The number of thioether (sulfide) groups is 1. The second-order valence-corrected chi connectivity index (χ2v) is 6.33. The number of benzene rings is 2. The van der Waals surface area contributed by atoms with E-state index in [2.05, 4.69) is 0 Å². The second-order valence-electron chi connectivity index (χ2n) is 4.45. The smallest absolute Gasteiger partial charge is 0.141 e. The Bertz CT molecular complexity index is 592. The van der Waals surface area contributed by atoms with Gasteiger partial charge in [-0.1, -0.05) is 41.4 Å². The summed E-state index contributed by atoms with van der Waals surface area (Å²) in [6, 6.07) is 12.3. The standard InChI is InChI=1S/C15H14Cl2FNS/c16-12-3-1-2-4-15(12)20-9-11(19)7-10-5-6-14(18)13(17)8-10/h1-6,8,11H,7,9,19H2. The fourth-order valence-electron chi connectivity index (χ4n) is 1.79. The molecule has 1 atom stereocenters. The first-order valence-corrected chi connectivity index (χ1v) is 7.87. The molecule has 0 spiro atoms. The highest BCUT2D eigenvalue weighted by Crippen LogP contribution is 2.27. The van der Waals surface area contributed by atoms with E-state index >= 15 is 0 Å². The van der Waals surface area contributed by atoms with Gasteiger partial charge in [0.05, 0.1) is 10.0 Å². The number of halogens is 3. The summed E-state index contributed by atoms with van der Waals surface area (Å²) in [5, 5.41) is 0.864. The summed E-state index contributed by atoms with van der Waals surface area (Å²) in [5.41, 5.74) is 7.02. The lowest BCUT2D eigenvalue weighted by molar-refractivity contribution is 0.626. The number of hydrogen-bond donors (Lipinski definition) is 1. The van der Waals surface area contributed by atoms with Crippen molar-refractivity contribution in [2.75, 3.05) is 5.75 Å². The summed E-state index contributed by atoms with van der Waals surface area (Å²) in [7, 11) is 0. The normalized spacial score (nSPS) is 12.4. The molecule has 20 heavy (non-hydrogen) atoms. The summed E-state index contributed by atoms with van der Waals surface area (Å²) in [6.45, 7) is 0. The lowest BCUT2D eigenvalue weighted by Gasteiger charge is -2.12. The van der Waals surface area contributed by atoms with E-state index in [1.807, 2.05) is 24.3 Å². The molecule has 0 aliphatic rings. The zero-order chi connectivity index (χ0) is 14.5. The highest BCUT2D eigenvalue weighted by atomic mass is 35.5. The molecule has 0 fully saturated rings. The monoisotopic (exact) mass is 329 g/mol. The van der Waals surface area contributed by atoms with Gasteiger partial charge in [0.25, 0.3) is 0 Å². The first-order chi connectivity index (χ1) is 9.56. The van der Waals surface area contributed by atoms with Crippen LogP contribution in [-0.2, 0) is 6.42 Å². The third-order valence-corrected chi connectivity index (χ3v) is 4.76. The maximum absolute atomic E-state index is 13.1. The molecule has 5 heteroatoms. The van der Waals surface area contributed by atoms with Crippen molar-refractivity contribution in [3.05, 3.63) is 63.9 Å². The first kappa shape index (κ1) is 15.6. The van der Waals surface area contributed by atoms with Gasteiger partial charge in [0.2, 0.25) is 0 Å². The molecular formula is C15H14Cl2FNS. The molecule has 0 saturated carbocycles. The van der Waals surface area contributed by atoms with Crippen molar-refractivity contribution >= 4 is 35.0 Å². The van der Waals surface area contributed by atoms with E-state index in [-0.39, 0.29) is 11.1 Å². The molecule has 0 aliphatic carbocycles. The van der Waals surface area contributed by atoms with Crippen molar-refractivity contribution in [3.8, 4) is 0 Å². The zero-order valence-electron chi connectivity index (χ0n) is 10.7. The van der Waals surface area contributed by atoms with Gasteiger partial charge in [0.1, 0.15) is 5.82 Å². The van der Waals surface area contributed by atoms with E-state index in [0.717, 1.165) is 21.2 Å². The minimum atomic E-state index is -0.408. The van der Waals surface area contributed by atoms with E-state index in [0.29, 0.717) is 6.42 Å². The number of rotatable bonds is 5. The lowest BCUT2D eigenvalue weighted by atomic mass is 10.1. The molecule has 106 valence electrons. The van der Waals surface area contributed by atoms with Crippen LogP contribution in [-0.4, -0.2) is 11.8 Å². The molecule has 0 bridgehead atoms. The summed E-state index contributed by atoms with van der Waals surface area (Å²) < 4.78 is 13.1.